The van der Waals surface area contributed by atoms with Crippen LogP contribution in [0.3, 0.4) is 0 Å². The fourth-order valence-corrected chi connectivity index (χ4v) is 5.32. The molecule has 2 heterocycles. The van der Waals surface area contributed by atoms with E-state index in [1.54, 1.807) is 30.5 Å². The number of pyridine rings is 1. The Morgan fingerprint density at radius 1 is 0.892 bits per heavy atom. The molecule has 5 rings (SSSR count). The molecule has 7 heteroatoms. The van der Waals surface area contributed by atoms with Gasteiger partial charge in [-0.2, -0.15) is 0 Å². The quantitative estimate of drug-likeness (QED) is 0.357. The summed E-state index contributed by atoms with van der Waals surface area (Å²) >= 11 is 0. The van der Waals surface area contributed by atoms with E-state index in [0.29, 0.717) is 49.4 Å². The fraction of sp³-hybridized carbons (Fsp3) is 0.300. The van der Waals surface area contributed by atoms with Gasteiger partial charge in [0.2, 0.25) is 0 Å². The SMILES string of the molecule is OC(COc1cccc2ncccc12)CN1CCC(C(O)(c2ccc(F)cc2)c2ccc(F)cc2)CC1. The normalized spacial score (nSPS) is 16.1. The highest BCUT2D eigenvalue weighted by molar-refractivity contribution is 5.84. The summed E-state index contributed by atoms with van der Waals surface area (Å²) in [5.41, 5.74) is 0.623. The highest BCUT2D eigenvalue weighted by atomic mass is 19.1. The van der Waals surface area contributed by atoms with Crippen LogP contribution in [0, 0.1) is 17.6 Å². The van der Waals surface area contributed by atoms with Crippen LogP contribution in [0.1, 0.15) is 24.0 Å². The number of β-amino-alcohol motifs (C(OH)–C–C–N with tert-alkyl or cyclic N) is 1. The van der Waals surface area contributed by atoms with Gasteiger partial charge in [0.1, 0.15) is 35.7 Å². The molecule has 0 spiro atoms. The first-order chi connectivity index (χ1) is 17.9. The maximum Gasteiger partial charge on any atom is 0.128 e. The van der Waals surface area contributed by atoms with Crippen molar-refractivity contribution >= 4 is 10.9 Å². The van der Waals surface area contributed by atoms with E-state index in [2.05, 4.69) is 9.88 Å². The minimum atomic E-state index is -1.38. The molecule has 0 amide bonds. The van der Waals surface area contributed by atoms with Gasteiger partial charge in [0.25, 0.3) is 0 Å². The summed E-state index contributed by atoms with van der Waals surface area (Å²) < 4.78 is 33.2. The summed E-state index contributed by atoms with van der Waals surface area (Å²) in [6, 6.07) is 21.2. The lowest BCUT2D eigenvalue weighted by Gasteiger charge is -2.42. The van der Waals surface area contributed by atoms with E-state index < -0.39 is 11.7 Å². The van der Waals surface area contributed by atoms with Crippen LogP contribution >= 0.6 is 0 Å². The number of aliphatic hydroxyl groups excluding tert-OH is 1. The number of nitrogens with zero attached hydrogens (tertiary/aromatic N) is 2. The van der Waals surface area contributed by atoms with Crippen molar-refractivity contribution in [3.8, 4) is 5.75 Å². The molecule has 1 fully saturated rings. The number of aromatic nitrogens is 1. The minimum Gasteiger partial charge on any atom is -0.490 e. The van der Waals surface area contributed by atoms with Gasteiger partial charge < -0.3 is 19.8 Å². The monoisotopic (exact) mass is 504 g/mol. The Morgan fingerprint density at radius 3 is 2.14 bits per heavy atom. The topological polar surface area (TPSA) is 65.8 Å². The second-order valence-electron chi connectivity index (χ2n) is 9.65. The average molecular weight is 505 g/mol. The van der Waals surface area contributed by atoms with Gasteiger partial charge in [0.15, 0.2) is 0 Å². The number of halogens is 2. The predicted octanol–water partition coefficient (Wildman–Crippen LogP) is 4.90. The molecule has 0 aliphatic carbocycles. The van der Waals surface area contributed by atoms with Crippen LogP contribution in [0.2, 0.25) is 0 Å². The van der Waals surface area contributed by atoms with Crippen molar-refractivity contribution in [2.24, 2.45) is 5.92 Å². The zero-order chi connectivity index (χ0) is 25.8. The molecular formula is C30H30F2N2O3. The number of ether oxygens (including phenoxy) is 1. The van der Waals surface area contributed by atoms with Crippen molar-refractivity contribution < 1.29 is 23.7 Å². The zero-order valence-electron chi connectivity index (χ0n) is 20.4. The molecule has 37 heavy (non-hydrogen) atoms. The number of rotatable bonds is 8. The van der Waals surface area contributed by atoms with Gasteiger partial charge in [-0.25, -0.2) is 8.78 Å². The summed E-state index contributed by atoms with van der Waals surface area (Å²) in [5, 5.41) is 23.6. The molecule has 2 N–H and O–H groups in total. The van der Waals surface area contributed by atoms with Gasteiger partial charge in [0, 0.05) is 18.1 Å². The number of fused-ring (bicyclic) bond motifs is 1. The average Bonchev–Trinajstić information content (AvgIpc) is 2.92. The lowest BCUT2D eigenvalue weighted by molar-refractivity contribution is -0.0222. The maximum absolute atomic E-state index is 13.6. The minimum absolute atomic E-state index is 0.156. The molecule has 1 aromatic heterocycles. The molecule has 5 nitrogen and oxygen atoms in total. The summed E-state index contributed by atoms with van der Waals surface area (Å²) in [7, 11) is 0. The van der Waals surface area contributed by atoms with Crippen LogP contribution in [0.25, 0.3) is 10.9 Å². The molecule has 1 aliphatic heterocycles. The van der Waals surface area contributed by atoms with Gasteiger partial charge in [-0.1, -0.05) is 30.3 Å². The first-order valence-electron chi connectivity index (χ1n) is 12.5. The van der Waals surface area contributed by atoms with E-state index >= 15 is 0 Å². The molecule has 1 unspecified atom stereocenters. The molecule has 4 aromatic rings. The Hall–Kier alpha value is -3.39. The Bertz CT molecular complexity index is 1270. The van der Waals surface area contributed by atoms with Crippen LogP contribution < -0.4 is 4.74 Å². The van der Waals surface area contributed by atoms with Gasteiger partial charge in [0.05, 0.1) is 5.52 Å². The summed E-state index contributed by atoms with van der Waals surface area (Å²) in [4.78, 5) is 6.49. The van der Waals surface area contributed by atoms with Gasteiger partial charge in [-0.05, 0) is 91.5 Å². The highest BCUT2D eigenvalue weighted by Gasteiger charge is 2.41. The molecule has 1 saturated heterocycles. The standard InChI is InChI=1S/C30H30F2N2O3/c31-24-10-6-21(7-11-24)30(36,22-8-12-25(32)13-9-22)23-14-17-34(18-15-23)19-26(35)20-37-29-5-1-4-28-27(29)3-2-16-33-28/h1-13,16,23,26,35-36H,14-15,17-20H2. The van der Waals surface area contributed by atoms with Gasteiger partial charge in [-0.3, -0.25) is 4.98 Å². The summed E-state index contributed by atoms with van der Waals surface area (Å²) in [5.74, 6) is -0.227. The van der Waals surface area contributed by atoms with E-state index in [1.807, 2.05) is 30.3 Å². The Morgan fingerprint density at radius 2 is 1.51 bits per heavy atom. The number of piperidine rings is 1. The number of hydrogen-bond donors (Lipinski definition) is 2. The van der Waals surface area contributed by atoms with E-state index in [-0.39, 0.29) is 24.2 Å². The van der Waals surface area contributed by atoms with Crippen molar-refractivity contribution in [1.82, 2.24) is 9.88 Å². The number of benzene rings is 3. The first kappa shape index (κ1) is 25.3. The molecule has 3 aromatic carbocycles. The van der Waals surface area contributed by atoms with E-state index in [0.717, 1.165) is 10.9 Å². The lowest BCUT2D eigenvalue weighted by atomic mass is 9.72. The third-order valence-electron chi connectivity index (χ3n) is 7.25. The molecule has 0 radical (unpaired) electrons. The fourth-order valence-electron chi connectivity index (χ4n) is 5.32. The third kappa shape index (κ3) is 5.49. The van der Waals surface area contributed by atoms with Crippen molar-refractivity contribution in [2.75, 3.05) is 26.2 Å². The van der Waals surface area contributed by atoms with E-state index in [9.17, 15) is 19.0 Å². The largest absolute Gasteiger partial charge is 0.490 e. The number of hydrogen-bond acceptors (Lipinski definition) is 5. The van der Waals surface area contributed by atoms with Crippen LogP contribution in [0.4, 0.5) is 8.78 Å². The lowest BCUT2D eigenvalue weighted by Crippen LogP contribution is -2.46. The maximum atomic E-state index is 13.6. The first-order valence-corrected chi connectivity index (χ1v) is 12.5. The molecule has 1 atom stereocenters. The molecule has 0 saturated carbocycles. The second-order valence-corrected chi connectivity index (χ2v) is 9.65. The Labute approximate surface area is 215 Å². The summed E-state index contributed by atoms with van der Waals surface area (Å²) in [6.45, 7) is 1.94. The Kier molecular flexibility index (Phi) is 7.46. The number of aliphatic hydroxyl groups is 2. The van der Waals surface area contributed by atoms with Crippen molar-refractivity contribution in [3.05, 3.63) is 108 Å². The van der Waals surface area contributed by atoms with Crippen LogP contribution in [-0.4, -0.2) is 52.4 Å². The molecule has 1 aliphatic rings. The third-order valence-corrected chi connectivity index (χ3v) is 7.25. The molecule has 192 valence electrons. The van der Waals surface area contributed by atoms with Crippen molar-refractivity contribution in [2.45, 2.75) is 24.5 Å². The molecular weight excluding hydrogens is 474 g/mol. The highest BCUT2D eigenvalue weighted by Crippen LogP contribution is 2.42. The summed E-state index contributed by atoms with van der Waals surface area (Å²) in [6.07, 6.45) is 2.37. The zero-order valence-corrected chi connectivity index (χ0v) is 20.4. The van der Waals surface area contributed by atoms with Crippen molar-refractivity contribution in [3.63, 3.8) is 0 Å². The predicted molar refractivity (Wildman–Crippen MR) is 138 cm³/mol. The van der Waals surface area contributed by atoms with Crippen molar-refractivity contribution in [1.29, 1.82) is 0 Å². The van der Waals surface area contributed by atoms with E-state index in [1.165, 1.54) is 24.3 Å². The molecule has 0 bridgehead atoms. The van der Waals surface area contributed by atoms with E-state index in [4.69, 9.17) is 4.74 Å². The van der Waals surface area contributed by atoms with Gasteiger partial charge in [-0.15, -0.1) is 0 Å². The van der Waals surface area contributed by atoms with Crippen LogP contribution in [-0.2, 0) is 5.60 Å². The second kappa shape index (κ2) is 10.9. The Balaban J connectivity index is 1.23. The van der Waals surface area contributed by atoms with Crippen LogP contribution in [0.15, 0.2) is 85.1 Å². The van der Waals surface area contributed by atoms with Crippen LogP contribution in [0.5, 0.6) is 5.75 Å². The smallest absolute Gasteiger partial charge is 0.128 e. The number of likely N-dealkylation sites (tertiary alicyclic amines) is 1. The van der Waals surface area contributed by atoms with Gasteiger partial charge >= 0.3 is 0 Å².